The Bertz CT molecular complexity index is 392. The normalized spacial score (nSPS) is 15.9. The molecule has 0 spiro atoms. The number of ether oxygens (including phenoxy) is 1. The molecule has 1 aromatic heterocycles. The number of hydrogen-bond donors (Lipinski definition) is 2. The summed E-state index contributed by atoms with van der Waals surface area (Å²) >= 11 is 0. The Labute approximate surface area is 108 Å². The number of anilines is 2. The lowest BCUT2D eigenvalue weighted by Gasteiger charge is -2.29. The van der Waals surface area contributed by atoms with Crippen LogP contribution in [0.25, 0.3) is 0 Å². The molecule has 0 unspecified atom stereocenters. The first-order valence-electron chi connectivity index (χ1n) is 6.44. The van der Waals surface area contributed by atoms with Gasteiger partial charge < -0.3 is 20.5 Å². The number of nitrogens with two attached hydrogens (primary N) is 1. The largest absolute Gasteiger partial charge is 0.479 e. The Morgan fingerprint density at radius 2 is 2.17 bits per heavy atom. The molecule has 1 aliphatic rings. The molecule has 0 radical (unpaired) electrons. The predicted molar refractivity (Wildman–Crippen MR) is 71.9 cm³/mol. The topological polar surface area (TPSA) is 71.6 Å². The van der Waals surface area contributed by atoms with E-state index in [1.54, 1.807) is 13.2 Å². The molecule has 1 fully saturated rings. The molecule has 18 heavy (non-hydrogen) atoms. The lowest BCUT2D eigenvalue weighted by Crippen LogP contribution is -2.36. The van der Waals surface area contributed by atoms with Crippen LogP contribution in [0, 0.1) is 0 Å². The van der Waals surface area contributed by atoms with E-state index >= 15 is 0 Å². The van der Waals surface area contributed by atoms with E-state index in [9.17, 15) is 5.11 Å². The number of aliphatic hydroxyl groups excluding tert-OH is 1. The fourth-order valence-corrected chi connectivity index (χ4v) is 2.57. The van der Waals surface area contributed by atoms with Crippen LogP contribution in [0.1, 0.15) is 25.7 Å². The first-order chi connectivity index (χ1) is 8.76. The first-order valence-corrected chi connectivity index (χ1v) is 6.44. The van der Waals surface area contributed by atoms with Gasteiger partial charge in [-0.1, -0.05) is 12.8 Å². The van der Waals surface area contributed by atoms with Crippen molar-refractivity contribution >= 4 is 11.5 Å². The van der Waals surface area contributed by atoms with E-state index < -0.39 is 0 Å². The Hall–Kier alpha value is -1.49. The third-order valence-electron chi connectivity index (χ3n) is 3.47. The summed E-state index contributed by atoms with van der Waals surface area (Å²) in [4.78, 5) is 6.58. The van der Waals surface area contributed by atoms with Crippen molar-refractivity contribution in [2.75, 3.05) is 30.9 Å². The van der Waals surface area contributed by atoms with Crippen molar-refractivity contribution in [1.82, 2.24) is 4.98 Å². The van der Waals surface area contributed by atoms with Crippen LogP contribution in [-0.2, 0) is 0 Å². The molecule has 1 heterocycles. The van der Waals surface area contributed by atoms with Gasteiger partial charge in [-0.2, -0.15) is 4.98 Å². The van der Waals surface area contributed by atoms with Crippen LogP contribution in [0.15, 0.2) is 12.1 Å². The third kappa shape index (κ3) is 2.67. The van der Waals surface area contributed by atoms with Crippen LogP contribution >= 0.6 is 0 Å². The SMILES string of the molecule is COc1nc(N(CCO)C2CCCC2)ccc1N. The number of nitrogens with zero attached hydrogens (tertiary/aromatic N) is 2. The van der Waals surface area contributed by atoms with E-state index in [-0.39, 0.29) is 6.61 Å². The van der Waals surface area contributed by atoms with E-state index in [2.05, 4.69) is 9.88 Å². The molecule has 5 heteroatoms. The van der Waals surface area contributed by atoms with Gasteiger partial charge >= 0.3 is 0 Å². The molecule has 0 aromatic carbocycles. The Morgan fingerprint density at radius 1 is 1.44 bits per heavy atom. The van der Waals surface area contributed by atoms with Gasteiger partial charge in [0, 0.05) is 12.6 Å². The summed E-state index contributed by atoms with van der Waals surface area (Å²) in [7, 11) is 1.56. The maximum Gasteiger partial charge on any atom is 0.238 e. The summed E-state index contributed by atoms with van der Waals surface area (Å²) in [5.74, 6) is 1.29. The smallest absolute Gasteiger partial charge is 0.238 e. The molecule has 2 rings (SSSR count). The van der Waals surface area contributed by atoms with Gasteiger partial charge in [-0.05, 0) is 25.0 Å². The highest BCUT2D eigenvalue weighted by Crippen LogP contribution is 2.29. The lowest BCUT2D eigenvalue weighted by atomic mass is 10.2. The summed E-state index contributed by atoms with van der Waals surface area (Å²) in [6, 6.07) is 4.17. The highest BCUT2D eigenvalue weighted by molar-refractivity contribution is 5.55. The second-order valence-electron chi connectivity index (χ2n) is 4.62. The molecule has 1 saturated carbocycles. The molecule has 0 saturated heterocycles. The molecule has 0 bridgehead atoms. The fourth-order valence-electron chi connectivity index (χ4n) is 2.57. The van der Waals surface area contributed by atoms with Gasteiger partial charge in [0.15, 0.2) is 0 Å². The van der Waals surface area contributed by atoms with Crippen molar-refractivity contribution in [3.63, 3.8) is 0 Å². The lowest BCUT2D eigenvalue weighted by molar-refractivity contribution is 0.296. The van der Waals surface area contributed by atoms with E-state index in [0.29, 0.717) is 24.2 Å². The Morgan fingerprint density at radius 3 is 2.78 bits per heavy atom. The zero-order valence-electron chi connectivity index (χ0n) is 10.8. The van der Waals surface area contributed by atoms with Crippen LogP contribution in [-0.4, -0.2) is 36.4 Å². The van der Waals surface area contributed by atoms with E-state index in [1.165, 1.54) is 12.8 Å². The number of methoxy groups -OCH3 is 1. The number of aliphatic hydroxyl groups is 1. The highest BCUT2D eigenvalue weighted by atomic mass is 16.5. The summed E-state index contributed by atoms with van der Waals surface area (Å²) in [6.45, 7) is 0.732. The molecule has 0 atom stereocenters. The Balaban J connectivity index is 2.23. The zero-order valence-corrected chi connectivity index (χ0v) is 10.8. The van der Waals surface area contributed by atoms with Gasteiger partial charge in [0.25, 0.3) is 0 Å². The number of nitrogen functional groups attached to an aromatic ring is 1. The molecular weight excluding hydrogens is 230 g/mol. The van der Waals surface area contributed by atoms with Gasteiger partial charge in [0.05, 0.1) is 19.4 Å². The monoisotopic (exact) mass is 251 g/mol. The average Bonchev–Trinajstić information content (AvgIpc) is 2.90. The molecule has 0 amide bonds. The van der Waals surface area contributed by atoms with E-state index in [4.69, 9.17) is 10.5 Å². The number of aromatic nitrogens is 1. The average molecular weight is 251 g/mol. The van der Waals surface area contributed by atoms with Crippen molar-refractivity contribution in [1.29, 1.82) is 0 Å². The maximum atomic E-state index is 9.21. The zero-order chi connectivity index (χ0) is 13.0. The molecular formula is C13H21N3O2. The number of rotatable bonds is 5. The molecule has 3 N–H and O–H groups in total. The third-order valence-corrected chi connectivity index (χ3v) is 3.47. The minimum Gasteiger partial charge on any atom is -0.479 e. The van der Waals surface area contributed by atoms with Crippen LogP contribution < -0.4 is 15.4 Å². The summed E-state index contributed by atoms with van der Waals surface area (Å²) in [5, 5.41) is 9.21. The van der Waals surface area contributed by atoms with Crippen LogP contribution in [0.3, 0.4) is 0 Å². The van der Waals surface area contributed by atoms with Gasteiger partial charge in [-0.3, -0.25) is 0 Å². The molecule has 1 aromatic rings. The second-order valence-corrected chi connectivity index (χ2v) is 4.62. The molecule has 1 aliphatic carbocycles. The van der Waals surface area contributed by atoms with Crippen molar-refractivity contribution in [2.24, 2.45) is 0 Å². The van der Waals surface area contributed by atoms with Crippen molar-refractivity contribution in [3.05, 3.63) is 12.1 Å². The number of pyridine rings is 1. The van der Waals surface area contributed by atoms with Gasteiger partial charge in [0.2, 0.25) is 5.88 Å². The maximum absolute atomic E-state index is 9.21. The summed E-state index contributed by atoms with van der Waals surface area (Å²) in [6.07, 6.45) is 4.82. The summed E-state index contributed by atoms with van der Waals surface area (Å²) in [5.41, 5.74) is 6.31. The minimum atomic E-state index is 0.130. The van der Waals surface area contributed by atoms with Crippen molar-refractivity contribution in [2.45, 2.75) is 31.7 Å². The van der Waals surface area contributed by atoms with Crippen LogP contribution in [0.4, 0.5) is 11.5 Å². The van der Waals surface area contributed by atoms with Gasteiger partial charge in [-0.15, -0.1) is 0 Å². The number of hydrogen-bond acceptors (Lipinski definition) is 5. The van der Waals surface area contributed by atoms with E-state index in [0.717, 1.165) is 18.7 Å². The van der Waals surface area contributed by atoms with Crippen molar-refractivity contribution in [3.8, 4) is 5.88 Å². The Kier molecular flexibility index (Phi) is 4.25. The van der Waals surface area contributed by atoms with Crippen molar-refractivity contribution < 1.29 is 9.84 Å². The first kappa shape index (κ1) is 13.0. The second kappa shape index (κ2) is 5.91. The molecule has 0 aliphatic heterocycles. The summed E-state index contributed by atoms with van der Waals surface area (Å²) < 4.78 is 5.15. The van der Waals surface area contributed by atoms with Crippen LogP contribution in [0.5, 0.6) is 5.88 Å². The molecule has 100 valence electrons. The van der Waals surface area contributed by atoms with Gasteiger partial charge in [-0.25, -0.2) is 0 Å². The van der Waals surface area contributed by atoms with Crippen LogP contribution in [0.2, 0.25) is 0 Å². The minimum absolute atomic E-state index is 0.130. The quantitative estimate of drug-likeness (QED) is 0.828. The standard InChI is InChI=1S/C13H21N3O2/c1-18-13-11(14)6-7-12(15-13)16(8-9-17)10-4-2-3-5-10/h6-7,10,17H,2-5,8-9,14H2,1H3. The highest BCUT2D eigenvalue weighted by Gasteiger charge is 2.23. The predicted octanol–water partition coefficient (Wildman–Crippen LogP) is 1.41. The van der Waals surface area contributed by atoms with E-state index in [1.807, 2.05) is 6.07 Å². The molecule has 5 nitrogen and oxygen atoms in total. The van der Waals surface area contributed by atoms with Gasteiger partial charge in [0.1, 0.15) is 5.82 Å². The fraction of sp³-hybridized carbons (Fsp3) is 0.615.